The first-order chi connectivity index (χ1) is 5.34. The molecular formula is C8H15NOS. The Balaban J connectivity index is 2.10. The highest BCUT2D eigenvalue weighted by Crippen LogP contribution is 2.10. The lowest BCUT2D eigenvalue weighted by Gasteiger charge is -2.14. The van der Waals surface area contributed by atoms with Crippen molar-refractivity contribution in [1.29, 1.82) is 0 Å². The van der Waals surface area contributed by atoms with Crippen LogP contribution in [0.4, 0.5) is 0 Å². The van der Waals surface area contributed by atoms with Crippen molar-refractivity contribution < 1.29 is 4.79 Å². The van der Waals surface area contributed by atoms with Crippen molar-refractivity contribution in [2.75, 3.05) is 25.1 Å². The van der Waals surface area contributed by atoms with Gasteiger partial charge >= 0.3 is 0 Å². The van der Waals surface area contributed by atoms with E-state index in [1.54, 1.807) is 0 Å². The number of nitrogens with zero attached hydrogens (tertiary/aromatic N) is 1. The van der Waals surface area contributed by atoms with E-state index in [9.17, 15) is 4.79 Å². The Hall–Kier alpha value is -0.180. The third-order valence-corrected chi connectivity index (χ3v) is 2.64. The zero-order valence-corrected chi connectivity index (χ0v) is 7.82. The molecule has 3 heteroatoms. The van der Waals surface area contributed by atoms with Crippen molar-refractivity contribution in [3.63, 3.8) is 0 Å². The number of amides is 1. The van der Waals surface area contributed by atoms with E-state index >= 15 is 0 Å². The molecule has 1 fully saturated rings. The molecule has 1 saturated heterocycles. The third-order valence-electron chi connectivity index (χ3n) is 1.95. The lowest BCUT2D eigenvalue weighted by atomic mass is 10.4. The van der Waals surface area contributed by atoms with Gasteiger partial charge in [-0.2, -0.15) is 11.8 Å². The summed E-state index contributed by atoms with van der Waals surface area (Å²) in [5, 5.41) is 0. The van der Waals surface area contributed by atoms with Crippen molar-refractivity contribution in [3.05, 3.63) is 0 Å². The van der Waals surface area contributed by atoms with Crippen LogP contribution in [0.15, 0.2) is 0 Å². The first-order valence-corrected chi connectivity index (χ1v) is 5.50. The minimum atomic E-state index is 0.353. The summed E-state index contributed by atoms with van der Waals surface area (Å²) in [6, 6.07) is 0. The zero-order valence-electron chi connectivity index (χ0n) is 7.01. The maximum absolute atomic E-state index is 11.1. The fourth-order valence-corrected chi connectivity index (χ4v) is 1.76. The normalized spacial score (nSPS) is 17.9. The molecule has 1 aliphatic rings. The van der Waals surface area contributed by atoms with Gasteiger partial charge in [-0.05, 0) is 24.9 Å². The minimum Gasteiger partial charge on any atom is -0.343 e. The van der Waals surface area contributed by atoms with Crippen LogP contribution in [0.1, 0.15) is 19.3 Å². The van der Waals surface area contributed by atoms with Crippen LogP contribution in [0.2, 0.25) is 0 Å². The molecule has 0 unspecified atom stereocenters. The van der Waals surface area contributed by atoms with E-state index in [-0.39, 0.29) is 0 Å². The predicted octanol–water partition coefficient (Wildman–Crippen LogP) is 1.36. The molecule has 1 rings (SSSR count). The lowest BCUT2D eigenvalue weighted by molar-refractivity contribution is -0.127. The predicted molar refractivity (Wildman–Crippen MR) is 48.8 cm³/mol. The number of rotatable bonds is 4. The molecule has 64 valence electrons. The minimum absolute atomic E-state index is 0.353. The molecule has 0 aromatic rings. The van der Waals surface area contributed by atoms with Crippen molar-refractivity contribution in [3.8, 4) is 0 Å². The topological polar surface area (TPSA) is 20.3 Å². The second-order valence-corrected chi connectivity index (χ2v) is 3.82. The van der Waals surface area contributed by atoms with Gasteiger partial charge in [-0.15, -0.1) is 0 Å². The maximum atomic E-state index is 11.1. The van der Waals surface area contributed by atoms with E-state index in [4.69, 9.17) is 0 Å². The van der Waals surface area contributed by atoms with Crippen molar-refractivity contribution in [2.45, 2.75) is 19.3 Å². The van der Waals surface area contributed by atoms with Gasteiger partial charge < -0.3 is 4.90 Å². The fourth-order valence-electron chi connectivity index (χ4n) is 1.34. The van der Waals surface area contributed by atoms with Crippen molar-refractivity contribution in [1.82, 2.24) is 4.90 Å². The molecule has 0 bridgehead atoms. The molecule has 1 heterocycles. The Morgan fingerprint density at radius 1 is 1.64 bits per heavy atom. The number of carbonyl (C=O) groups excluding carboxylic acids is 1. The van der Waals surface area contributed by atoms with Crippen molar-refractivity contribution in [2.24, 2.45) is 0 Å². The standard InChI is InChI=1S/C8H15NOS/c1-11-7-3-6-9-5-2-4-8(9)10/h2-7H2,1H3. The molecule has 0 N–H and O–H groups in total. The van der Waals surface area contributed by atoms with E-state index in [0.717, 1.165) is 32.4 Å². The summed E-state index contributed by atoms with van der Waals surface area (Å²) in [7, 11) is 0. The smallest absolute Gasteiger partial charge is 0.222 e. The van der Waals surface area contributed by atoms with Crippen LogP contribution < -0.4 is 0 Å². The highest BCUT2D eigenvalue weighted by atomic mass is 32.2. The number of hydrogen-bond acceptors (Lipinski definition) is 2. The summed E-state index contributed by atoms with van der Waals surface area (Å²) in [5.74, 6) is 1.52. The zero-order chi connectivity index (χ0) is 8.10. The van der Waals surface area contributed by atoms with Gasteiger partial charge in [0.05, 0.1) is 0 Å². The van der Waals surface area contributed by atoms with Gasteiger partial charge in [0.2, 0.25) is 5.91 Å². The Labute approximate surface area is 72.3 Å². The van der Waals surface area contributed by atoms with Gasteiger partial charge in [0.25, 0.3) is 0 Å². The van der Waals surface area contributed by atoms with Gasteiger partial charge in [-0.25, -0.2) is 0 Å². The molecule has 0 atom stereocenters. The molecule has 0 radical (unpaired) electrons. The van der Waals surface area contributed by atoms with Gasteiger partial charge in [-0.1, -0.05) is 0 Å². The summed E-state index contributed by atoms with van der Waals surface area (Å²) in [4.78, 5) is 13.1. The number of likely N-dealkylation sites (tertiary alicyclic amines) is 1. The summed E-state index contributed by atoms with van der Waals surface area (Å²) in [6.07, 6.45) is 5.09. The average Bonchev–Trinajstić information content (AvgIpc) is 2.37. The van der Waals surface area contributed by atoms with Gasteiger partial charge in [-0.3, -0.25) is 4.79 Å². The van der Waals surface area contributed by atoms with Crippen LogP contribution >= 0.6 is 11.8 Å². The molecule has 0 aromatic carbocycles. The van der Waals surface area contributed by atoms with Crippen LogP contribution in [0.25, 0.3) is 0 Å². The second kappa shape index (κ2) is 4.65. The Bertz CT molecular complexity index is 138. The first kappa shape index (κ1) is 8.91. The largest absolute Gasteiger partial charge is 0.343 e. The van der Waals surface area contributed by atoms with E-state index in [1.807, 2.05) is 16.7 Å². The van der Waals surface area contributed by atoms with Gasteiger partial charge in [0.1, 0.15) is 0 Å². The molecule has 11 heavy (non-hydrogen) atoms. The van der Waals surface area contributed by atoms with Crippen molar-refractivity contribution >= 4 is 17.7 Å². The van der Waals surface area contributed by atoms with Gasteiger partial charge in [0, 0.05) is 19.5 Å². The fraction of sp³-hybridized carbons (Fsp3) is 0.875. The van der Waals surface area contributed by atoms with Gasteiger partial charge in [0.15, 0.2) is 0 Å². The molecule has 2 nitrogen and oxygen atoms in total. The Kier molecular flexibility index (Phi) is 3.77. The quantitative estimate of drug-likeness (QED) is 0.598. The number of hydrogen-bond donors (Lipinski definition) is 0. The number of carbonyl (C=O) groups is 1. The third kappa shape index (κ3) is 2.73. The van der Waals surface area contributed by atoms with Crippen LogP contribution in [0, 0.1) is 0 Å². The molecule has 0 saturated carbocycles. The summed E-state index contributed by atoms with van der Waals surface area (Å²) in [6.45, 7) is 1.97. The Morgan fingerprint density at radius 2 is 2.45 bits per heavy atom. The molecule has 0 spiro atoms. The molecule has 0 aliphatic carbocycles. The van der Waals surface area contributed by atoms with Crippen LogP contribution in [-0.2, 0) is 4.79 Å². The monoisotopic (exact) mass is 173 g/mol. The van der Waals surface area contributed by atoms with Crippen LogP contribution in [-0.4, -0.2) is 35.9 Å². The summed E-state index contributed by atoms with van der Waals surface area (Å²) >= 11 is 1.85. The molecule has 1 aliphatic heterocycles. The first-order valence-electron chi connectivity index (χ1n) is 4.11. The molecule has 1 amide bonds. The van der Waals surface area contributed by atoms with E-state index in [1.165, 1.54) is 5.75 Å². The van der Waals surface area contributed by atoms with E-state index < -0.39 is 0 Å². The molecule has 0 aromatic heterocycles. The summed E-state index contributed by atoms with van der Waals surface area (Å²) < 4.78 is 0. The maximum Gasteiger partial charge on any atom is 0.222 e. The average molecular weight is 173 g/mol. The van der Waals surface area contributed by atoms with E-state index in [2.05, 4.69) is 6.26 Å². The Morgan fingerprint density at radius 3 is 3.00 bits per heavy atom. The SMILES string of the molecule is CSCCCN1CCCC1=O. The number of thioether (sulfide) groups is 1. The van der Waals surface area contributed by atoms with Crippen LogP contribution in [0.5, 0.6) is 0 Å². The van der Waals surface area contributed by atoms with Crippen LogP contribution in [0.3, 0.4) is 0 Å². The highest BCUT2D eigenvalue weighted by Gasteiger charge is 2.18. The second-order valence-electron chi connectivity index (χ2n) is 2.83. The lowest BCUT2D eigenvalue weighted by Crippen LogP contribution is -2.25. The van der Waals surface area contributed by atoms with E-state index in [0.29, 0.717) is 5.91 Å². The highest BCUT2D eigenvalue weighted by molar-refractivity contribution is 7.98. The molecular weight excluding hydrogens is 158 g/mol. The summed E-state index contributed by atoms with van der Waals surface area (Å²) in [5.41, 5.74) is 0.